The van der Waals surface area contributed by atoms with Gasteiger partial charge in [-0.15, -0.1) is 12.4 Å². The average molecular weight is 278 g/mol. The maximum absolute atomic E-state index is 11.5. The summed E-state index contributed by atoms with van der Waals surface area (Å²) in [5, 5.41) is 9.45. The Morgan fingerprint density at radius 3 is 2.89 bits per heavy atom. The van der Waals surface area contributed by atoms with E-state index in [1.807, 2.05) is 0 Å². The molecular formula is C13H24ClNO3. The fourth-order valence-electron chi connectivity index (χ4n) is 3.50. The van der Waals surface area contributed by atoms with Crippen LogP contribution in [0.25, 0.3) is 0 Å². The van der Waals surface area contributed by atoms with Crippen LogP contribution in [-0.2, 0) is 9.53 Å². The van der Waals surface area contributed by atoms with Crippen molar-refractivity contribution in [1.29, 1.82) is 0 Å². The molecular weight excluding hydrogens is 254 g/mol. The van der Waals surface area contributed by atoms with Crippen LogP contribution in [0.5, 0.6) is 0 Å². The normalized spacial score (nSPS) is 31.1. The molecule has 0 amide bonds. The number of aliphatic carboxylic acids is 1. The quantitative estimate of drug-likeness (QED) is 0.755. The molecule has 2 atom stereocenters. The lowest BCUT2D eigenvalue weighted by Gasteiger charge is -2.23. The SMILES string of the molecule is COCCCCN1C[C@@H]2CCC[C@@]2(C(=O)O)C1.Cl. The number of hydrogen-bond donors (Lipinski definition) is 1. The molecule has 106 valence electrons. The number of methoxy groups -OCH3 is 1. The molecule has 1 aliphatic heterocycles. The Bertz CT molecular complexity index is 287. The van der Waals surface area contributed by atoms with Crippen molar-refractivity contribution in [3.63, 3.8) is 0 Å². The van der Waals surface area contributed by atoms with Crippen LogP contribution in [0.15, 0.2) is 0 Å². The first-order valence-corrected chi connectivity index (χ1v) is 6.64. The summed E-state index contributed by atoms with van der Waals surface area (Å²) in [5.74, 6) is -0.179. The molecule has 0 bridgehead atoms. The fourth-order valence-corrected chi connectivity index (χ4v) is 3.50. The lowest BCUT2D eigenvalue weighted by molar-refractivity contribution is -0.149. The predicted octanol–water partition coefficient (Wildman–Crippen LogP) is 2.02. The lowest BCUT2D eigenvalue weighted by Crippen LogP contribution is -2.35. The predicted molar refractivity (Wildman–Crippen MR) is 72.2 cm³/mol. The minimum Gasteiger partial charge on any atom is -0.481 e. The molecule has 1 aliphatic carbocycles. The molecule has 18 heavy (non-hydrogen) atoms. The second-order valence-corrected chi connectivity index (χ2v) is 5.49. The summed E-state index contributed by atoms with van der Waals surface area (Å²) in [6, 6.07) is 0. The summed E-state index contributed by atoms with van der Waals surface area (Å²) < 4.78 is 5.03. The zero-order valence-corrected chi connectivity index (χ0v) is 11.9. The van der Waals surface area contributed by atoms with Crippen molar-refractivity contribution in [3.05, 3.63) is 0 Å². The minimum absolute atomic E-state index is 0. The van der Waals surface area contributed by atoms with Gasteiger partial charge in [-0.1, -0.05) is 6.42 Å². The average Bonchev–Trinajstić information content (AvgIpc) is 2.81. The second-order valence-electron chi connectivity index (χ2n) is 5.49. The smallest absolute Gasteiger partial charge is 0.311 e. The van der Waals surface area contributed by atoms with Gasteiger partial charge < -0.3 is 14.7 Å². The number of carbonyl (C=O) groups is 1. The van der Waals surface area contributed by atoms with E-state index in [4.69, 9.17) is 4.74 Å². The highest BCUT2D eigenvalue weighted by Gasteiger charge is 2.54. The monoisotopic (exact) mass is 277 g/mol. The van der Waals surface area contributed by atoms with E-state index in [0.29, 0.717) is 5.92 Å². The first-order chi connectivity index (χ1) is 8.19. The Kier molecular flexibility index (Phi) is 5.89. The molecule has 0 spiro atoms. The number of halogens is 1. The molecule has 1 N–H and O–H groups in total. The van der Waals surface area contributed by atoms with Crippen LogP contribution < -0.4 is 0 Å². The van der Waals surface area contributed by atoms with Crippen LogP contribution in [-0.4, -0.2) is 49.3 Å². The van der Waals surface area contributed by atoms with E-state index in [0.717, 1.165) is 58.3 Å². The molecule has 0 radical (unpaired) electrons. The van der Waals surface area contributed by atoms with Gasteiger partial charge in [0.05, 0.1) is 5.41 Å². The molecule has 2 fully saturated rings. The van der Waals surface area contributed by atoms with Crippen molar-refractivity contribution in [2.24, 2.45) is 11.3 Å². The van der Waals surface area contributed by atoms with Gasteiger partial charge in [0.2, 0.25) is 0 Å². The summed E-state index contributed by atoms with van der Waals surface area (Å²) in [6.07, 6.45) is 5.24. The number of fused-ring (bicyclic) bond motifs is 1. The van der Waals surface area contributed by atoms with Crippen LogP contribution in [0.3, 0.4) is 0 Å². The van der Waals surface area contributed by atoms with Crippen molar-refractivity contribution < 1.29 is 14.6 Å². The highest BCUT2D eigenvalue weighted by atomic mass is 35.5. The molecule has 2 aliphatic rings. The Labute approximate surface area is 115 Å². The lowest BCUT2D eigenvalue weighted by atomic mass is 9.81. The molecule has 4 nitrogen and oxygen atoms in total. The van der Waals surface area contributed by atoms with E-state index < -0.39 is 11.4 Å². The molecule has 0 aromatic heterocycles. The van der Waals surface area contributed by atoms with Crippen molar-refractivity contribution in [2.45, 2.75) is 32.1 Å². The Balaban J connectivity index is 0.00000162. The van der Waals surface area contributed by atoms with Gasteiger partial charge in [-0.3, -0.25) is 4.79 Å². The van der Waals surface area contributed by atoms with Crippen molar-refractivity contribution >= 4 is 18.4 Å². The standard InChI is InChI=1S/C13H23NO3.ClH/c1-17-8-3-2-7-14-9-11-5-4-6-13(11,10-14)12(15)16;/h11H,2-10H2,1H3,(H,15,16);1H/t11-,13+;/m0./s1. The van der Waals surface area contributed by atoms with E-state index >= 15 is 0 Å². The van der Waals surface area contributed by atoms with E-state index in [9.17, 15) is 9.90 Å². The van der Waals surface area contributed by atoms with E-state index in [2.05, 4.69) is 4.90 Å². The van der Waals surface area contributed by atoms with Gasteiger partial charge in [0.15, 0.2) is 0 Å². The van der Waals surface area contributed by atoms with Gasteiger partial charge in [-0.05, 0) is 38.1 Å². The minimum atomic E-state index is -0.570. The number of likely N-dealkylation sites (tertiary alicyclic amines) is 1. The maximum Gasteiger partial charge on any atom is 0.311 e. The number of carboxylic acids is 1. The zero-order chi connectivity index (χ0) is 12.3. The maximum atomic E-state index is 11.5. The fraction of sp³-hybridized carbons (Fsp3) is 0.923. The van der Waals surface area contributed by atoms with E-state index in [1.165, 1.54) is 0 Å². The van der Waals surface area contributed by atoms with E-state index in [-0.39, 0.29) is 12.4 Å². The highest BCUT2D eigenvalue weighted by molar-refractivity contribution is 5.85. The molecule has 0 aromatic rings. The Morgan fingerprint density at radius 1 is 1.50 bits per heavy atom. The molecule has 0 aromatic carbocycles. The molecule has 5 heteroatoms. The number of ether oxygens (including phenoxy) is 1. The molecule has 1 saturated heterocycles. The second kappa shape index (κ2) is 6.73. The number of carboxylic acid groups (broad SMARTS) is 1. The molecule has 1 saturated carbocycles. The van der Waals surface area contributed by atoms with Gasteiger partial charge in [0.25, 0.3) is 0 Å². The first kappa shape index (κ1) is 15.7. The van der Waals surface area contributed by atoms with Crippen molar-refractivity contribution in [2.75, 3.05) is 33.4 Å². The Hall–Kier alpha value is -0.320. The molecule has 0 unspecified atom stereocenters. The third kappa shape index (κ3) is 2.98. The van der Waals surface area contributed by atoms with Gasteiger partial charge >= 0.3 is 5.97 Å². The third-order valence-corrected chi connectivity index (χ3v) is 4.44. The van der Waals surface area contributed by atoms with Crippen molar-refractivity contribution in [3.8, 4) is 0 Å². The van der Waals surface area contributed by atoms with Crippen LogP contribution in [0.1, 0.15) is 32.1 Å². The summed E-state index contributed by atoms with van der Waals surface area (Å²) in [7, 11) is 1.72. The molecule has 1 heterocycles. The van der Waals surface area contributed by atoms with E-state index in [1.54, 1.807) is 7.11 Å². The number of nitrogens with zero attached hydrogens (tertiary/aromatic N) is 1. The third-order valence-electron chi connectivity index (χ3n) is 4.44. The number of hydrogen-bond acceptors (Lipinski definition) is 3. The highest BCUT2D eigenvalue weighted by Crippen LogP contribution is 2.48. The van der Waals surface area contributed by atoms with Crippen molar-refractivity contribution in [1.82, 2.24) is 4.90 Å². The van der Waals surface area contributed by atoms with Crippen LogP contribution >= 0.6 is 12.4 Å². The largest absolute Gasteiger partial charge is 0.481 e. The van der Waals surface area contributed by atoms with Gasteiger partial charge in [-0.25, -0.2) is 0 Å². The number of unbranched alkanes of at least 4 members (excludes halogenated alkanes) is 1. The van der Waals surface area contributed by atoms with Crippen LogP contribution in [0.4, 0.5) is 0 Å². The van der Waals surface area contributed by atoms with Crippen LogP contribution in [0.2, 0.25) is 0 Å². The topological polar surface area (TPSA) is 49.8 Å². The number of rotatable bonds is 6. The van der Waals surface area contributed by atoms with Gasteiger partial charge in [0.1, 0.15) is 0 Å². The Morgan fingerprint density at radius 2 is 2.28 bits per heavy atom. The van der Waals surface area contributed by atoms with Gasteiger partial charge in [-0.2, -0.15) is 0 Å². The van der Waals surface area contributed by atoms with Crippen LogP contribution in [0, 0.1) is 11.3 Å². The molecule has 2 rings (SSSR count). The summed E-state index contributed by atoms with van der Waals surface area (Å²) in [6.45, 7) is 3.58. The summed E-state index contributed by atoms with van der Waals surface area (Å²) >= 11 is 0. The summed E-state index contributed by atoms with van der Waals surface area (Å²) in [4.78, 5) is 13.8. The zero-order valence-electron chi connectivity index (χ0n) is 11.1. The summed E-state index contributed by atoms with van der Waals surface area (Å²) in [5.41, 5.74) is -0.415. The first-order valence-electron chi connectivity index (χ1n) is 6.64. The van der Waals surface area contributed by atoms with Gasteiger partial charge in [0, 0.05) is 26.8 Å².